The molecule has 0 saturated carbocycles. The molecule has 3 aromatic rings. The predicted octanol–water partition coefficient (Wildman–Crippen LogP) is 3.84. The zero-order valence-electron chi connectivity index (χ0n) is 20.3. The number of hydrogen-bond acceptors (Lipinski definition) is 8. The van der Waals surface area contributed by atoms with Gasteiger partial charge in [-0.25, -0.2) is 4.79 Å². The lowest BCUT2D eigenvalue weighted by Gasteiger charge is -2.36. The molecule has 0 aliphatic carbocycles. The van der Waals surface area contributed by atoms with Crippen LogP contribution in [0.3, 0.4) is 0 Å². The van der Waals surface area contributed by atoms with Crippen molar-refractivity contribution in [1.29, 1.82) is 0 Å². The van der Waals surface area contributed by atoms with E-state index in [1.165, 1.54) is 30.3 Å². The van der Waals surface area contributed by atoms with Crippen LogP contribution >= 0.6 is 0 Å². The summed E-state index contributed by atoms with van der Waals surface area (Å²) in [7, 11) is 0. The van der Waals surface area contributed by atoms with Crippen LogP contribution in [0.15, 0.2) is 54.6 Å². The number of nitrogens with one attached hydrogen (secondary N) is 1. The molecule has 0 unspecified atom stereocenters. The van der Waals surface area contributed by atoms with Crippen molar-refractivity contribution in [3.63, 3.8) is 0 Å². The average Bonchev–Trinajstić information content (AvgIpc) is 3.17. The van der Waals surface area contributed by atoms with Gasteiger partial charge in [0.2, 0.25) is 0 Å². The van der Waals surface area contributed by atoms with E-state index in [-0.39, 0.29) is 23.0 Å². The van der Waals surface area contributed by atoms with E-state index in [9.17, 15) is 19.8 Å². The van der Waals surface area contributed by atoms with Gasteiger partial charge in [-0.15, -0.1) is 0 Å². The molecule has 0 atom stereocenters. The third kappa shape index (κ3) is 4.47. The van der Waals surface area contributed by atoms with Gasteiger partial charge in [0, 0.05) is 47.5 Å². The summed E-state index contributed by atoms with van der Waals surface area (Å²) in [6.45, 7) is 4.33. The highest BCUT2D eigenvalue weighted by Crippen LogP contribution is 2.57. The Kier molecular flexibility index (Phi) is 6.73. The monoisotopic (exact) mass is 505 g/mol. The van der Waals surface area contributed by atoms with E-state index < -0.39 is 11.6 Å². The standard InChI is InChI=1S/C28H27NO8/c1-2-10-34-12-13-35-11-9-29-26(32)17-3-6-21-20(14-17)27(33)37-28(21)22-7-4-18(30)15-24(22)36-25-16-19(31)5-8-23(25)28/h3-8,14-16,30-31H,2,9-13H2,1H3,(H,29,32). The minimum Gasteiger partial charge on any atom is -0.508 e. The highest BCUT2D eigenvalue weighted by atomic mass is 16.6. The molecule has 9 nitrogen and oxygen atoms in total. The van der Waals surface area contributed by atoms with E-state index in [2.05, 4.69) is 5.32 Å². The summed E-state index contributed by atoms with van der Waals surface area (Å²) in [5.41, 5.74) is 0.770. The van der Waals surface area contributed by atoms with Crippen LogP contribution in [0.2, 0.25) is 0 Å². The van der Waals surface area contributed by atoms with Gasteiger partial charge in [0.15, 0.2) is 5.60 Å². The molecule has 37 heavy (non-hydrogen) atoms. The Labute approximate surface area is 213 Å². The lowest BCUT2D eigenvalue weighted by molar-refractivity contribution is 0.0224. The first-order chi connectivity index (χ1) is 17.9. The van der Waals surface area contributed by atoms with Crippen molar-refractivity contribution in [2.75, 3.05) is 33.0 Å². The van der Waals surface area contributed by atoms with Gasteiger partial charge >= 0.3 is 5.97 Å². The first kappa shape index (κ1) is 24.6. The molecule has 1 amide bonds. The van der Waals surface area contributed by atoms with Crippen LogP contribution in [-0.4, -0.2) is 55.1 Å². The van der Waals surface area contributed by atoms with E-state index in [0.717, 1.165) is 6.42 Å². The number of amides is 1. The van der Waals surface area contributed by atoms with E-state index in [1.807, 2.05) is 6.92 Å². The second kappa shape index (κ2) is 10.1. The van der Waals surface area contributed by atoms with Gasteiger partial charge in [-0.05, 0) is 42.8 Å². The van der Waals surface area contributed by atoms with E-state index in [1.54, 1.807) is 24.3 Å². The summed E-state index contributed by atoms with van der Waals surface area (Å²) >= 11 is 0. The predicted molar refractivity (Wildman–Crippen MR) is 132 cm³/mol. The maximum Gasteiger partial charge on any atom is 0.340 e. The fraction of sp³-hybridized carbons (Fsp3) is 0.286. The van der Waals surface area contributed by atoms with E-state index in [4.69, 9.17) is 18.9 Å². The van der Waals surface area contributed by atoms with Crippen molar-refractivity contribution in [1.82, 2.24) is 5.32 Å². The van der Waals surface area contributed by atoms with Crippen molar-refractivity contribution < 1.29 is 38.7 Å². The quantitative estimate of drug-likeness (QED) is 0.296. The largest absolute Gasteiger partial charge is 0.508 e. The lowest BCUT2D eigenvalue weighted by atomic mass is 9.77. The molecular formula is C28H27NO8. The number of phenols is 2. The second-order valence-electron chi connectivity index (χ2n) is 8.77. The highest BCUT2D eigenvalue weighted by Gasteiger charge is 2.53. The van der Waals surface area contributed by atoms with Gasteiger partial charge in [0.25, 0.3) is 5.91 Å². The van der Waals surface area contributed by atoms with E-state index >= 15 is 0 Å². The molecular weight excluding hydrogens is 478 g/mol. The number of benzene rings is 3. The maximum atomic E-state index is 13.1. The number of phenolic OH excluding ortho intramolecular Hbond substituents is 2. The number of esters is 1. The number of ether oxygens (including phenoxy) is 4. The molecule has 2 aliphatic heterocycles. The highest BCUT2D eigenvalue weighted by molar-refractivity contribution is 6.01. The van der Waals surface area contributed by atoms with Crippen LogP contribution in [0.5, 0.6) is 23.0 Å². The molecule has 192 valence electrons. The number of hydrogen-bond donors (Lipinski definition) is 3. The van der Waals surface area contributed by atoms with Crippen LogP contribution in [0.25, 0.3) is 0 Å². The molecule has 0 radical (unpaired) electrons. The summed E-state index contributed by atoms with van der Waals surface area (Å²) in [6, 6.07) is 13.9. The van der Waals surface area contributed by atoms with Gasteiger partial charge in [-0.3, -0.25) is 4.79 Å². The first-order valence-corrected chi connectivity index (χ1v) is 12.1. The normalized spacial score (nSPS) is 14.4. The van der Waals surface area contributed by atoms with E-state index in [0.29, 0.717) is 66.7 Å². The zero-order chi connectivity index (χ0) is 26.0. The van der Waals surface area contributed by atoms with Gasteiger partial charge in [-0.2, -0.15) is 0 Å². The maximum absolute atomic E-state index is 13.1. The van der Waals surface area contributed by atoms with Crippen molar-refractivity contribution in [2.45, 2.75) is 18.9 Å². The molecule has 9 heteroatoms. The van der Waals surface area contributed by atoms with Gasteiger partial charge < -0.3 is 34.5 Å². The smallest absolute Gasteiger partial charge is 0.340 e. The minimum absolute atomic E-state index is 0.0217. The number of fused-ring (bicyclic) bond motifs is 6. The Bertz CT molecular complexity index is 1300. The number of rotatable bonds is 9. The zero-order valence-corrected chi connectivity index (χ0v) is 20.3. The SMILES string of the molecule is CCCOCCOCCNC(=O)c1ccc2c(c1)C(=O)OC21c2ccc(O)cc2Oc2cc(O)ccc21. The molecule has 2 heterocycles. The summed E-state index contributed by atoms with van der Waals surface area (Å²) in [5, 5.41) is 22.8. The number of carbonyl (C=O) groups excluding carboxylic acids is 2. The Hall–Kier alpha value is -4.08. The fourth-order valence-electron chi connectivity index (χ4n) is 4.65. The second-order valence-corrected chi connectivity index (χ2v) is 8.77. The Morgan fingerprint density at radius 2 is 1.49 bits per heavy atom. The molecule has 3 aromatic carbocycles. The molecule has 0 fully saturated rings. The summed E-state index contributed by atoms with van der Waals surface area (Å²) in [5.74, 6) is -0.399. The molecule has 2 aliphatic rings. The molecule has 0 aromatic heterocycles. The molecule has 1 spiro atoms. The van der Waals surface area contributed by atoms with Crippen LogP contribution in [0, 0.1) is 0 Å². The van der Waals surface area contributed by atoms with Crippen molar-refractivity contribution >= 4 is 11.9 Å². The lowest BCUT2D eigenvalue weighted by Crippen LogP contribution is -2.33. The number of aromatic hydroxyl groups is 2. The Morgan fingerprint density at radius 1 is 0.865 bits per heavy atom. The fourth-order valence-corrected chi connectivity index (χ4v) is 4.65. The van der Waals surface area contributed by atoms with Crippen molar-refractivity contribution in [3.05, 3.63) is 82.4 Å². The average molecular weight is 506 g/mol. The minimum atomic E-state index is -1.36. The molecule has 3 N–H and O–H groups in total. The molecule has 0 bridgehead atoms. The van der Waals surface area contributed by atoms with Crippen molar-refractivity contribution in [2.24, 2.45) is 0 Å². The summed E-state index contributed by atoms with van der Waals surface area (Å²) < 4.78 is 22.8. The van der Waals surface area contributed by atoms with Gasteiger partial charge in [0.1, 0.15) is 23.0 Å². The summed E-state index contributed by atoms with van der Waals surface area (Å²) in [6.07, 6.45) is 0.950. The Balaban J connectivity index is 1.40. The third-order valence-corrected chi connectivity index (χ3v) is 6.29. The number of carbonyl (C=O) groups is 2. The van der Waals surface area contributed by atoms with Gasteiger partial charge in [-0.1, -0.05) is 13.0 Å². The van der Waals surface area contributed by atoms with Gasteiger partial charge in [0.05, 0.1) is 25.4 Å². The third-order valence-electron chi connectivity index (χ3n) is 6.29. The van der Waals surface area contributed by atoms with Crippen LogP contribution in [0.4, 0.5) is 0 Å². The van der Waals surface area contributed by atoms with Crippen LogP contribution in [0.1, 0.15) is 50.8 Å². The Morgan fingerprint density at radius 3 is 2.14 bits per heavy atom. The molecule has 0 saturated heterocycles. The molecule has 5 rings (SSSR count). The van der Waals surface area contributed by atoms with Crippen LogP contribution in [-0.2, 0) is 19.8 Å². The summed E-state index contributed by atoms with van der Waals surface area (Å²) in [4.78, 5) is 25.9. The van der Waals surface area contributed by atoms with Crippen LogP contribution < -0.4 is 10.1 Å². The topological polar surface area (TPSA) is 124 Å². The first-order valence-electron chi connectivity index (χ1n) is 12.1. The van der Waals surface area contributed by atoms with Crippen molar-refractivity contribution in [3.8, 4) is 23.0 Å².